The molecule has 1 atom stereocenters. The fourth-order valence-corrected chi connectivity index (χ4v) is 4.09. The van der Waals surface area contributed by atoms with Gasteiger partial charge in [0.2, 0.25) is 0 Å². The van der Waals surface area contributed by atoms with Crippen molar-refractivity contribution in [2.45, 2.75) is 26.7 Å². The van der Waals surface area contributed by atoms with Crippen LogP contribution in [0.15, 0.2) is 29.8 Å². The largest absolute Gasteiger partial charge is 0.338 e. The van der Waals surface area contributed by atoms with Gasteiger partial charge >= 0.3 is 0 Å². The van der Waals surface area contributed by atoms with Crippen LogP contribution in [0.1, 0.15) is 42.6 Å². The lowest BCUT2D eigenvalue weighted by Crippen LogP contribution is -2.40. The third kappa shape index (κ3) is 2.88. The monoisotopic (exact) mass is 351 g/mol. The first-order chi connectivity index (χ1) is 12.2. The molecule has 0 aromatic heterocycles. The molecule has 26 heavy (non-hydrogen) atoms. The second-order valence-electron chi connectivity index (χ2n) is 7.71. The maximum absolute atomic E-state index is 13.5. The molecular formula is C20H18FN3O2. The zero-order chi connectivity index (χ0) is 19.1. The summed E-state index contributed by atoms with van der Waals surface area (Å²) in [4.78, 5) is 26.7. The molecule has 1 aromatic carbocycles. The number of Topliss-reactive ketones (excluding diaryl/α,β-unsaturated/α-hetero) is 1. The van der Waals surface area contributed by atoms with E-state index in [0.29, 0.717) is 25.9 Å². The SMILES string of the molecule is CC1(C)C[C@]2(C=C(C#N)C1=O)CCN(C(=O)c1ccc(F)c(C#N)c1)C2. The van der Waals surface area contributed by atoms with Crippen LogP contribution in [0.2, 0.25) is 0 Å². The number of nitrogens with zero attached hydrogens (tertiary/aromatic N) is 3. The van der Waals surface area contributed by atoms with Crippen LogP contribution >= 0.6 is 0 Å². The van der Waals surface area contributed by atoms with E-state index in [-0.39, 0.29) is 28.4 Å². The Labute approximate surface area is 151 Å². The number of hydrogen-bond donors (Lipinski definition) is 0. The Morgan fingerprint density at radius 3 is 2.65 bits per heavy atom. The van der Waals surface area contributed by atoms with Gasteiger partial charge in [0.1, 0.15) is 18.0 Å². The van der Waals surface area contributed by atoms with Crippen LogP contribution in [0.5, 0.6) is 0 Å². The summed E-state index contributed by atoms with van der Waals surface area (Å²) in [6.45, 7) is 4.53. The molecule has 0 unspecified atom stereocenters. The second kappa shape index (κ2) is 6.07. The van der Waals surface area contributed by atoms with Crippen LogP contribution < -0.4 is 0 Å². The summed E-state index contributed by atoms with van der Waals surface area (Å²) in [7, 11) is 0. The van der Waals surface area contributed by atoms with E-state index in [1.807, 2.05) is 19.9 Å². The molecule has 0 bridgehead atoms. The molecule has 1 aromatic rings. The number of halogens is 1. The Balaban J connectivity index is 1.88. The van der Waals surface area contributed by atoms with E-state index in [1.54, 1.807) is 17.0 Å². The molecule has 6 heteroatoms. The first-order valence-electron chi connectivity index (χ1n) is 8.38. The molecule has 1 fully saturated rings. The summed E-state index contributed by atoms with van der Waals surface area (Å²) < 4.78 is 13.5. The topological polar surface area (TPSA) is 85.0 Å². The molecule has 0 N–H and O–H groups in total. The van der Waals surface area contributed by atoms with Crippen molar-refractivity contribution < 1.29 is 14.0 Å². The van der Waals surface area contributed by atoms with E-state index < -0.39 is 16.6 Å². The number of nitriles is 2. The van der Waals surface area contributed by atoms with Crippen molar-refractivity contribution in [2.24, 2.45) is 10.8 Å². The van der Waals surface area contributed by atoms with Gasteiger partial charge in [0.25, 0.3) is 5.91 Å². The first-order valence-corrected chi connectivity index (χ1v) is 8.38. The van der Waals surface area contributed by atoms with Gasteiger partial charge in [-0.3, -0.25) is 9.59 Å². The van der Waals surface area contributed by atoms with Crippen LogP contribution in [0, 0.1) is 39.3 Å². The smallest absolute Gasteiger partial charge is 0.253 e. The summed E-state index contributed by atoms with van der Waals surface area (Å²) in [6.07, 6.45) is 2.95. The molecule has 0 radical (unpaired) electrons. The third-order valence-corrected chi connectivity index (χ3v) is 5.23. The van der Waals surface area contributed by atoms with Crippen molar-refractivity contribution in [3.8, 4) is 12.1 Å². The molecule has 1 spiro atoms. The molecule has 1 aliphatic heterocycles. The van der Waals surface area contributed by atoms with Crippen molar-refractivity contribution >= 4 is 11.7 Å². The second-order valence-corrected chi connectivity index (χ2v) is 7.71. The van der Waals surface area contributed by atoms with Gasteiger partial charge in [-0.2, -0.15) is 10.5 Å². The van der Waals surface area contributed by atoms with Crippen molar-refractivity contribution in [2.75, 3.05) is 13.1 Å². The van der Waals surface area contributed by atoms with Crippen molar-refractivity contribution in [1.29, 1.82) is 10.5 Å². The Hall–Kier alpha value is -2.99. The maximum Gasteiger partial charge on any atom is 0.253 e. The predicted octanol–water partition coefficient (Wildman–Crippen LogP) is 2.98. The van der Waals surface area contributed by atoms with Gasteiger partial charge in [-0.15, -0.1) is 0 Å². The van der Waals surface area contributed by atoms with Crippen LogP contribution in [-0.2, 0) is 4.79 Å². The van der Waals surface area contributed by atoms with Crippen molar-refractivity contribution in [3.05, 3.63) is 46.8 Å². The lowest BCUT2D eigenvalue weighted by Gasteiger charge is -2.38. The van der Waals surface area contributed by atoms with Gasteiger partial charge in [0.15, 0.2) is 5.78 Å². The lowest BCUT2D eigenvalue weighted by molar-refractivity contribution is -0.125. The molecular weight excluding hydrogens is 333 g/mol. The molecule has 2 aliphatic rings. The van der Waals surface area contributed by atoms with Crippen LogP contribution in [0.25, 0.3) is 0 Å². The minimum absolute atomic E-state index is 0.157. The summed E-state index contributed by atoms with van der Waals surface area (Å²) in [5.41, 5.74) is -0.806. The van der Waals surface area contributed by atoms with Crippen molar-refractivity contribution in [3.63, 3.8) is 0 Å². The first kappa shape index (κ1) is 17.8. The number of allylic oxidation sites excluding steroid dienone is 1. The van der Waals surface area contributed by atoms with E-state index >= 15 is 0 Å². The van der Waals surface area contributed by atoms with E-state index in [9.17, 15) is 19.2 Å². The Bertz CT molecular complexity index is 920. The Kier molecular flexibility index (Phi) is 4.16. The van der Waals surface area contributed by atoms with E-state index in [4.69, 9.17) is 5.26 Å². The van der Waals surface area contributed by atoms with Crippen LogP contribution in [-0.4, -0.2) is 29.7 Å². The van der Waals surface area contributed by atoms with Crippen molar-refractivity contribution in [1.82, 2.24) is 4.90 Å². The van der Waals surface area contributed by atoms with Gasteiger partial charge in [-0.1, -0.05) is 19.9 Å². The zero-order valence-electron chi connectivity index (χ0n) is 14.7. The van der Waals surface area contributed by atoms with E-state index in [0.717, 1.165) is 6.07 Å². The molecule has 1 aliphatic carbocycles. The normalized spacial score (nSPS) is 24.1. The standard InChI is InChI=1S/C20H18FN3O2/c1-19(2)11-20(8-15(10-23)17(19)25)5-6-24(12-20)18(26)13-3-4-16(21)14(7-13)9-22/h3-4,7-8H,5-6,11-12H2,1-2H3/t20-/m1/s1. The number of likely N-dealkylation sites (tertiary alicyclic amines) is 1. The predicted molar refractivity (Wildman–Crippen MR) is 91.2 cm³/mol. The number of carbonyl (C=O) groups excluding carboxylic acids is 2. The average molecular weight is 351 g/mol. The minimum Gasteiger partial charge on any atom is -0.338 e. The van der Waals surface area contributed by atoms with Crippen LogP contribution in [0.4, 0.5) is 4.39 Å². The fraction of sp³-hybridized carbons (Fsp3) is 0.400. The number of benzene rings is 1. The third-order valence-electron chi connectivity index (χ3n) is 5.23. The molecule has 1 amide bonds. The number of rotatable bonds is 1. The summed E-state index contributed by atoms with van der Waals surface area (Å²) in [5, 5.41) is 18.2. The molecule has 1 saturated heterocycles. The molecule has 3 rings (SSSR count). The highest BCUT2D eigenvalue weighted by molar-refractivity contribution is 6.04. The Morgan fingerprint density at radius 1 is 1.27 bits per heavy atom. The highest BCUT2D eigenvalue weighted by Gasteiger charge is 2.48. The molecule has 0 saturated carbocycles. The molecule has 5 nitrogen and oxygen atoms in total. The number of hydrogen-bond acceptors (Lipinski definition) is 4. The summed E-state index contributed by atoms with van der Waals surface area (Å²) >= 11 is 0. The van der Waals surface area contributed by atoms with E-state index in [1.165, 1.54) is 12.1 Å². The lowest BCUT2D eigenvalue weighted by atomic mass is 9.64. The summed E-state index contributed by atoms with van der Waals surface area (Å²) in [6, 6.07) is 7.47. The highest BCUT2D eigenvalue weighted by Crippen LogP contribution is 2.48. The quantitative estimate of drug-likeness (QED) is 0.778. The number of carbonyl (C=O) groups is 2. The fourth-order valence-electron chi connectivity index (χ4n) is 4.09. The summed E-state index contributed by atoms with van der Waals surface area (Å²) in [5.74, 6) is -1.09. The van der Waals surface area contributed by atoms with Gasteiger partial charge in [0.05, 0.1) is 11.1 Å². The van der Waals surface area contributed by atoms with Gasteiger partial charge in [-0.25, -0.2) is 4.39 Å². The van der Waals surface area contributed by atoms with Gasteiger partial charge in [0, 0.05) is 29.5 Å². The van der Waals surface area contributed by atoms with Crippen LogP contribution in [0.3, 0.4) is 0 Å². The van der Waals surface area contributed by atoms with Gasteiger partial charge < -0.3 is 4.90 Å². The van der Waals surface area contributed by atoms with Gasteiger partial charge in [-0.05, 0) is 31.0 Å². The molecule has 1 heterocycles. The maximum atomic E-state index is 13.5. The average Bonchev–Trinajstić information content (AvgIpc) is 3.01. The molecule has 132 valence electrons. The minimum atomic E-state index is -0.656. The number of amides is 1. The Morgan fingerprint density at radius 2 is 2.00 bits per heavy atom. The highest BCUT2D eigenvalue weighted by atomic mass is 19.1. The zero-order valence-corrected chi connectivity index (χ0v) is 14.7. The number of ketones is 1. The van der Waals surface area contributed by atoms with E-state index in [2.05, 4.69) is 0 Å².